The van der Waals surface area contributed by atoms with E-state index in [1.807, 2.05) is 17.7 Å². The first-order valence-corrected chi connectivity index (χ1v) is 5.86. The zero-order chi connectivity index (χ0) is 13.0. The summed E-state index contributed by atoms with van der Waals surface area (Å²) in [6, 6.07) is 5.52. The first kappa shape index (κ1) is 12.7. The molecule has 0 fully saturated rings. The number of rotatable bonds is 5. The molecular formula is C13H15F2N3. The maximum atomic E-state index is 13.4. The fourth-order valence-corrected chi connectivity index (χ4v) is 1.79. The molecule has 5 heteroatoms. The number of nitrogens with one attached hydrogen (secondary N) is 1. The fourth-order valence-electron chi connectivity index (χ4n) is 1.79. The van der Waals surface area contributed by atoms with Gasteiger partial charge in [-0.1, -0.05) is 6.07 Å². The van der Waals surface area contributed by atoms with Gasteiger partial charge in [0.2, 0.25) is 0 Å². The molecule has 1 heterocycles. The third kappa shape index (κ3) is 2.92. The van der Waals surface area contributed by atoms with Crippen molar-refractivity contribution in [2.24, 2.45) is 0 Å². The number of aryl methyl sites for hydroxylation is 1. The van der Waals surface area contributed by atoms with Crippen molar-refractivity contribution in [3.63, 3.8) is 0 Å². The Hall–Kier alpha value is -1.75. The molecule has 0 atom stereocenters. The van der Waals surface area contributed by atoms with Crippen molar-refractivity contribution < 1.29 is 8.78 Å². The van der Waals surface area contributed by atoms with Crippen LogP contribution in [0.5, 0.6) is 0 Å². The van der Waals surface area contributed by atoms with Gasteiger partial charge in [-0.25, -0.2) is 8.78 Å². The molecule has 1 aromatic heterocycles. The van der Waals surface area contributed by atoms with E-state index in [2.05, 4.69) is 10.4 Å². The van der Waals surface area contributed by atoms with Crippen molar-refractivity contribution in [3.8, 4) is 0 Å². The van der Waals surface area contributed by atoms with Crippen molar-refractivity contribution in [2.75, 3.05) is 0 Å². The number of halogens is 2. The SMILES string of the molecule is CCn1nccc1CNCc1ccc(F)cc1F. The first-order chi connectivity index (χ1) is 8.70. The summed E-state index contributed by atoms with van der Waals surface area (Å²) >= 11 is 0. The topological polar surface area (TPSA) is 29.9 Å². The third-order valence-electron chi connectivity index (χ3n) is 2.74. The van der Waals surface area contributed by atoms with Gasteiger partial charge in [-0.15, -0.1) is 0 Å². The summed E-state index contributed by atoms with van der Waals surface area (Å²) in [5.41, 5.74) is 1.50. The van der Waals surface area contributed by atoms with E-state index in [0.29, 0.717) is 18.7 Å². The molecule has 0 aliphatic heterocycles. The van der Waals surface area contributed by atoms with Gasteiger partial charge in [-0.2, -0.15) is 5.10 Å². The smallest absolute Gasteiger partial charge is 0.130 e. The molecule has 96 valence electrons. The van der Waals surface area contributed by atoms with Gasteiger partial charge in [-0.3, -0.25) is 4.68 Å². The van der Waals surface area contributed by atoms with E-state index in [1.54, 1.807) is 6.20 Å². The van der Waals surface area contributed by atoms with Gasteiger partial charge < -0.3 is 5.32 Å². The van der Waals surface area contributed by atoms with Gasteiger partial charge in [0.05, 0.1) is 5.69 Å². The van der Waals surface area contributed by atoms with Gasteiger partial charge in [0.1, 0.15) is 11.6 Å². The molecule has 0 radical (unpaired) electrons. The second-order valence-corrected chi connectivity index (χ2v) is 3.98. The van der Waals surface area contributed by atoms with Gasteiger partial charge in [-0.05, 0) is 19.1 Å². The van der Waals surface area contributed by atoms with E-state index in [-0.39, 0.29) is 0 Å². The second-order valence-electron chi connectivity index (χ2n) is 3.98. The highest BCUT2D eigenvalue weighted by atomic mass is 19.1. The van der Waals surface area contributed by atoms with Crippen LogP contribution in [0.4, 0.5) is 8.78 Å². The Morgan fingerprint density at radius 1 is 1.22 bits per heavy atom. The molecule has 0 unspecified atom stereocenters. The molecule has 2 rings (SSSR count). The average Bonchev–Trinajstić information content (AvgIpc) is 2.79. The molecule has 0 saturated carbocycles. The third-order valence-corrected chi connectivity index (χ3v) is 2.74. The predicted octanol–water partition coefficient (Wildman–Crippen LogP) is 2.47. The molecule has 0 aliphatic carbocycles. The molecule has 0 saturated heterocycles. The zero-order valence-corrected chi connectivity index (χ0v) is 10.2. The molecule has 3 nitrogen and oxygen atoms in total. The first-order valence-electron chi connectivity index (χ1n) is 5.86. The van der Waals surface area contributed by atoms with Crippen LogP contribution in [0, 0.1) is 11.6 Å². The monoisotopic (exact) mass is 251 g/mol. The number of hydrogen-bond acceptors (Lipinski definition) is 2. The number of aromatic nitrogens is 2. The molecular weight excluding hydrogens is 236 g/mol. The van der Waals surface area contributed by atoms with Gasteiger partial charge in [0.25, 0.3) is 0 Å². The summed E-state index contributed by atoms with van der Waals surface area (Å²) in [7, 11) is 0. The highest BCUT2D eigenvalue weighted by Crippen LogP contribution is 2.09. The van der Waals surface area contributed by atoms with Crippen LogP contribution in [0.25, 0.3) is 0 Å². The maximum absolute atomic E-state index is 13.4. The Morgan fingerprint density at radius 3 is 2.78 bits per heavy atom. The van der Waals surface area contributed by atoms with Gasteiger partial charge >= 0.3 is 0 Å². The normalized spacial score (nSPS) is 10.8. The lowest BCUT2D eigenvalue weighted by atomic mass is 10.2. The minimum absolute atomic E-state index is 0.362. The highest BCUT2D eigenvalue weighted by Gasteiger charge is 2.04. The van der Waals surface area contributed by atoms with E-state index >= 15 is 0 Å². The van der Waals surface area contributed by atoms with Crippen LogP contribution in [0.3, 0.4) is 0 Å². The van der Waals surface area contributed by atoms with Crippen LogP contribution in [0.2, 0.25) is 0 Å². The van der Waals surface area contributed by atoms with Crippen LogP contribution >= 0.6 is 0 Å². The molecule has 0 bridgehead atoms. The number of hydrogen-bond donors (Lipinski definition) is 1. The summed E-state index contributed by atoms with van der Waals surface area (Å²) in [5, 5.41) is 7.26. The molecule has 0 spiro atoms. The summed E-state index contributed by atoms with van der Waals surface area (Å²) < 4.78 is 28.0. The lowest BCUT2D eigenvalue weighted by Gasteiger charge is -2.07. The highest BCUT2D eigenvalue weighted by molar-refractivity contribution is 5.18. The van der Waals surface area contributed by atoms with Crippen molar-refractivity contribution in [1.82, 2.24) is 15.1 Å². The summed E-state index contributed by atoms with van der Waals surface area (Å²) in [4.78, 5) is 0. The fraction of sp³-hybridized carbons (Fsp3) is 0.308. The Labute approximate surface area is 104 Å². The molecule has 2 aromatic rings. The largest absolute Gasteiger partial charge is 0.307 e. The second kappa shape index (κ2) is 5.73. The Bertz CT molecular complexity index is 523. The van der Waals surface area contributed by atoms with Crippen molar-refractivity contribution in [3.05, 3.63) is 53.4 Å². The minimum Gasteiger partial charge on any atom is -0.307 e. The lowest BCUT2D eigenvalue weighted by molar-refractivity contribution is 0.548. The predicted molar refractivity (Wildman–Crippen MR) is 64.8 cm³/mol. The maximum Gasteiger partial charge on any atom is 0.130 e. The average molecular weight is 251 g/mol. The van der Waals surface area contributed by atoms with Crippen LogP contribution in [-0.4, -0.2) is 9.78 Å². The number of nitrogens with zero attached hydrogens (tertiary/aromatic N) is 2. The van der Waals surface area contributed by atoms with Crippen LogP contribution < -0.4 is 5.32 Å². The Balaban J connectivity index is 1.92. The van der Waals surface area contributed by atoms with Gasteiger partial charge in [0, 0.05) is 37.5 Å². The van der Waals surface area contributed by atoms with Crippen molar-refractivity contribution in [1.29, 1.82) is 0 Å². The van der Waals surface area contributed by atoms with Crippen molar-refractivity contribution in [2.45, 2.75) is 26.6 Å². The standard InChI is InChI=1S/C13H15F2N3/c1-2-18-12(5-6-17-18)9-16-8-10-3-4-11(14)7-13(10)15/h3-7,16H,2,8-9H2,1H3. The summed E-state index contributed by atoms with van der Waals surface area (Å²) in [6.45, 7) is 3.77. The minimum atomic E-state index is -0.555. The molecule has 0 amide bonds. The number of benzene rings is 1. The van der Waals surface area contributed by atoms with Crippen LogP contribution in [0.15, 0.2) is 30.5 Å². The van der Waals surface area contributed by atoms with E-state index in [0.717, 1.165) is 18.3 Å². The van der Waals surface area contributed by atoms with Crippen LogP contribution in [-0.2, 0) is 19.6 Å². The molecule has 0 aliphatic rings. The molecule has 1 aromatic carbocycles. The lowest BCUT2D eigenvalue weighted by Crippen LogP contribution is -2.16. The zero-order valence-electron chi connectivity index (χ0n) is 10.2. The van der Waals surface area contributed by atoms with E-state index in [4.69, 9.17) is 0 Å². The quantitative estimate of drug-likeness (QED) is 0.884. The Kier molecular flexibility index (Phi) is 4.04. The van der Waals surface area contributed by atoms with Crippen molar-refractivity contribution >= 4 is 0 Å². The van der Waals surface area contributed by atoms with E-state index < -0.39 is 11.6 Å². The molecule has 18 heavy (non-hydrogen) atoms. The van der Waals surface area contributed by atoms with E-state index in [9.17, 15) is 8.78 Å². The summed E-state index contributed by atoms with van der Waals surface area (Å²) in [5.74, 6) is -1.08. The Morgan fingerprint density at radius 2 is 2.06 bits per heavy atom. The van der Waals surface area contributed by atoms with Crippen LogP contribution in [0.1, 0.15) is 18.2 Å². The molecule has 1 N–H and O–H groups in total. The summed E-state index contributed by atoms with van der Waals surface area (Å²) in [6.07, 6.45) is 1.74. The van der Waals surface area contributed by atoms with E-state index in [1.165, 1.54) is 12.1 Å². The van der Waals surface area contributed by atoms with Gasteiger partial charge in [0.15, 0.2) is 0 Å².